The summed E-state index contributed by atoms with van der Waals surface area (Å²) in [6.07, 6.45) is 0. The Hall–Kier alpha value is -1.51. The minimum Gasteiger partial charge on any atom is -0.316 e. The first-order chi connectivity index (χ1) is 9.89. The summed E-state index contributed by atoms with van der Waals surface area (Å²) in [5.74, 6) is 0.692. The highest BCUT2D eigenvalue weighted by molar-refractivity contribution is 7.89. The van der Waals surface area contributed by atoms with E-state index >= 15 is 0 Å². The smallest absolute Gasteiger partial charge is 0.270 e. The normalized spacial score (nSPS) is 26.0. The number of sulfonamides is 1. The van der Waals surface area contributed by atoms with Gasteiger partial charge < -0.3 is 5.32 Å². The van der Waals surface area contributed by atoms with E-state index in [0.717, 1.165) is 19.2 Å². The van der Waals surface area contributed by atoms with Crippen LogP contribution in [0.3, 0.4) is 0 Å². The predicted molar refractivity (Wildman–Crippen MR) is 76.4 cm³/mol. The highest BCUT2D eigenvalue weighted by atomic mass is 32.2. The molecule has 8 heteroatoms. The Labute approximate surface area is 123 Å². The maximum absolute atomic E-state index is 12.7. The fourth-order valence-corrected chi connectivity index (χ4v) is 4.93. The van der Waals surface area contributed by atoms with Gasteiger partial charge >= 0.3 is 0 Å². The number of benzene rings is 1. The highest BCUT2D eigenvalue weighted by Gasteiger charge is 2.42. The van der Waals surface area contributed by atoms with Gasteiger partial charge in [-0.05, 0) is 37.4 Å². The van der Waals surface area contributed by atoms with E-state index in [1.54, 1.807) is 6.92 Å². The van der Waals surface area contributed by atoms with Crippen molar-refractivity contribution in [3.05, 3.63) is 33.9 Å². The number of nitro benzene ring substituents is 1. The SMILES string of the molecule is Cc1ccc([N+](=O)[O-])cc1S(=O)(=O)N1C[C@H]2CNC[C@H]2C1. The topological polar surface area (TPSA) is 92.5 Å². The van der Waals surface area contributed by atoms with Gasteiger partial charge in [-0.1, -0.05) is 6.07 Å². The van der Waals surface area contributed by atoms with Gasteiger partial charge in [-0.3, -0.25) is 10.1 Å². The zero-order valence-corrected chi connectivity index (χ0v) is 12.5. The van der Waals surface area contributed by atoms with Crippen LogP contribution in [0.4, 0.5) is 5.69 Å². The van der Waals surface area contributed by atoms with Crippen LogP contribution >= 0.6 is 0 Å². The van der Waals surface area contributed by atoms with Gasteiger partial charge in [-0.2, -0.15) is 4.31 Å². The van der Waals surface area contributed by atoms with Crippen LogP contribution in [0.25, 0.3) is 0 Å². The molecule has 2 saturated heterocycles. The van der Waals surface area contributed by atoms with Crippen molar-refractivity contribution < 1.29 is 13.3 Å². The second-order valence-corrected chi connectivity index (χ2v) is 7.61. The average molecular weight is 311 g/mol. The molecule has 114 valence electrons. The van der Waals surface area contributed by atoms with Crippen molar-refractivity contribution >= 4 is 15.7 Å². The number of aryl methyl sites for hydroxylation is 1. The Morgan fingerprint density at radius 2 is 1.90 bits per heavy atom. The van der Waals surface area contributed by atoms with Gasteiger partial charge in [0.25, 0.3) is 5.69 Å². The third-order valence-corrected chi connectivity index (χ3v) is 6.33. The lowest BCUT2D eigenvalue weighted by molar-refractivity contribution is -0.385. The number of nitro groups is 1. The largest absolute Gasteiger partial charge is 0.316 e. The predicted octanol–water partition coefficient (Wildman–Crippen LogP) is 0.743. The standard InChI is InChI=1S/C13H17N3O4S/c1-9-2-3-12(16(17)18)4-13(9)21(19,20)15-7-10-5-14-6-11(10)8-15/h2-4,10-11,14H,5-8H2,1H3/t10-,11+. The number of fused-ring (bicyclic) bond motifs is 1. The second-order valence-electron chi connectivity index (χ2n) is 5.71. The minimum atomic E-state index is -3.67. The molecule has 7 nitrogen and oxygen atoms in total. The molecule has 3 rings (SSSR count). The fraction of sp³-hybridized carbons (Fsp3) is 0.538. The van der Waals surface area contributed by atoms with Gasteiger partial charge in [0.15, 0.2) is 0 Å². The number of non-ortho nitro benzene ring substituents is 1. The maximum Gasteiger partial charge on any atom is 0.270 e. The molecule has 1 N–H and O–H groups in total. The Morgan fingerprint density at radius 1 is 1.29 bits per heavy atom. The molecule has 2 atom stereocenters. The molecule has 0 amide bonds. The summed E-state index contributed by atoms with van der Waals surface area (Å²) in [5.41, 5.74) is 0.344. The van der Waals surface area contributed by atoms with Crippen LogP contribution in [0.2, 0.25) is 0 Å². The van der Waals surface area contributed by atoms with Crippen LogP contribution in [0.5, 0.6) is 0 Å². The van der Waals surface area contributed by atoms with E-state index in [4.69, 9.17) is 0 Å². The summed E-state index contributed by atoms with van der Waals surface area (Å²) in [6, 6.07) is 3.98. The monoisotopic (exact) mass is 311 g/mol. The average Bonchev–Trinajstić information content (AvgIpc) is 2.99. The highest BCUT2D eigenvalue weighted by Crippen LogP contribution is 2.32. The van der Waals surface area contributed by atoms with E-state index in [1.165, 1.54) is 16.4 Å². The fourth-order valence-electron chi connectivity index (χ4n) is 3.13. The van der Waals surface area contributed by atoms with Crippen molar-refractivity contribution in [3.8, 4) is 0 Å². The summed E-state index contributed by atoms with van der Waals surface area (Å²) in [5, 5.41) is 14.1. The number of hydrogen-bond donors (Lipinski definition) is 1. The lowest BCUT2D eigenvalue weighted by Gasteiger charge is -2.18. The molecule has 2 fully saturated rings. The van der Waals surface area contributed by atoms with E-state index < -0.39 is 14.9 Å². The van der Waals surface area contributed by atoms with Crippen LogP contribution in [-0.4, -0.2) is 43.8 Å². The van der Waals surface area contributed by atoms with Crippen molar-refractivity contribution in [1.82, 2.24) is 9.62 Å². The molecule has 0 radical (unpaired) electrons. The van der Waals surface area contributed by atoms with Gasteiger partial charge in [0, 0.05) is 25.2 Å². The van der Waals surface area contributed by atoms with E-state index in [9.17, 15) is 18.5 Å². The molecule has 0 aliphatic carbocycles. The van der Waals surface area contributed by atoms with Crippen LogP contribution in [-0.2, 0) is 10.0 Å². The van der Waals surface area contributed by atoms with Gasteiger partial charge in [0.1, 0.15) is 0 Å². The van der Waals surface area contributed by atoms with E-state index in [-0.39, 0.29) is 10.6 Å². The first kappa shape index (κ1) is 14.4. The Bertz CT molecular complexity index is 677. The van der Waals surface area contributed by atoms with Crippen LogP contribution in [0, 0.1) is 28.9 Å². The molecule has 2 aliphatic rings. The Kier molecular flexibility index (Phi) is 3.46. The molecule has 2 aliphatic heterocycles. The Balaban J connectivity index is 1.95. The third-order valence-electron chi connectivity index (χ3n) is 4.36. The minimum absolute atomic E-state index is 0.0460. The summed E-state index contributed by atoms with van der Waals surface area (Å²) in [4.78, 5) is 10.3. The van der Waals surface area contributed by atoms with Crippen LogP contribution in [0.1, 0.15) is 5.56 Å². The van der Waals surface area contributed by atoms with Gasteiger partial charge in [0.2, 0.25) is 10.0 Å². The molecule has 0 spiro atoms. The quantitative estimate of drug-likeness (QED) is 0.656. The lowest BCUT2D eigenvalue weighted by Crippen LogP contribution is -2.32. The summed E-state index contributed by atoms with van der Waals surface area (Å²) in [7, 11) is -3.67. The maximum atomic E-state index is 12.7. The van der Waals surface area contributed by atoms with Gasteiger partial charge in [0.05, 0.1) is 9.82 Å². The second kappa shape index (κ2) is 5.04. The molecular formula is C13H17N3O4S. The zero-order valence-electron chi connectivity index (χ0n) is 11.7. The van der Waals surface area contributed by atoms with E-state index in [2.05, 4.69) is 5.32 Å². The molecule has 0 aromatic heterocycles. The molecule has 1 aromatic rings. The van der Waals surface area contributed by atoms with Gasteiger partial charge in [-0.25, -0.2) is 8.42 Å². The summed E-state index contributed by atoms with van der Waals surface area (Å²) in [6.45, 7) is 4.31. The molecule has 2 heterocycles. The zero-order chi connectivity index (χ0) is 15.2. The third kappa shape index (κ3) is 2.43. The molecule has 1 aromatic carbocycles. The summed E-state index contributed by atoms with van der Waals surface area (Å²) >= 11 is 0. The van der Waals surface area contributed by atoms with Crippen molar-refractivity contribution in [2.75, 3.05) is 26.2 Å². The van der Waals surface area contributed by atoms with E-state index in [0.29, 0.717) is 30.5 Å². The Morgan fingerprint density at radius 3 is 2.48 bits per heavy atom. The summed E-state index contributed by atoms with van der Waals surface area (Å²) < 4.78 is 27.0. The van der Waals surface area contributed by atoms with Crippen molar-refractivity contribution in [3.63, 3.8) is 0 Å². The molecular weight excluding hydrogens is 294 g/mol. The first-order valence-corrected chi connectivity index (χ1v) is 8.29. The number of hydrogen-bond acceptors (Lipinski definition) is 5. The van der Waals surface area contributed by atoms with Crippen LogP contribution in [0.15, 0.2) is 23.1 Å². The van der Waals surface area contributed by atoms with Crippen molar-refractivity contribution in [2.45, 2.75) is 11.8 Å². The van der Waals surface area contributed by atoms with Gasteiger partial charge in [-0.15, -0.1) is 0 Å². The number of rotatable bonds is 3. The van der Waals surface area contributed by atoms with E-state index in [1.807, 2.05) is 0 Å². The number of nitrogens with one attached hydrogen (secondary N) is 1. The molecule has 0 bridgehead atoms. The van der Waals surface area contributed by atoms with Crippen molar-refractivity contribution in [1.29, 1.82) is 0 Å². The first-order valence-electron chi connectivity index (χ1n) is 6.85. The molecule has 0 unspecified atom stereocenters. The number of nitrogens with zero attached hydrogens (tertiary/aromatic N) is 2. The molecule has 21 heavy (non-hydrogen) atoms. The lowest BCUT2D eigenvalue weighted by atomic mass is 10.0. The molecule has 0 saturated carbocycles. The van der Waals surface area contributed by atoms with Crippen LogP contribution < -0.4 is 5.32 Å². The van der Waals surface area contributed by atoms with Crippen molar-refractivity contribution in [2.24, 2.45) is 11.8 Å².